The molecule has 3 aliphatic carbocycles. The van der Waals surface area contributed by atoms with Gasteiger partial charge in [0.25, 0.3) is 0 Å². The Labute approximate surface area is 265 Å². The lowest BCUT2D eigenvalue weighted by atomic mass is 9.79. The highest BCUT2D eigenvalue weighted by molar-refractivity contribution is 5.94. The lowest BCUT2D eigenvalue weighted by molar-refractivity contribution is -0.123. The van der Waals surface area contributed by atoms with Crippen molar-refractivity contribution in [1.82, 2.24) is 20.3 Å². The summed E-state index contributed by atoms with van der Waals surface area (Å²) in [5.74, 6) is 3.95. The molecule has 0 aromatic carbocycles. The predicted molar refractivity (Wildman–Crippen MR) is 170 cm³/mol. The summed E-state index contributed by atoms with van der Waals surface area (Å²) in [5, 5.41) is 2.82. The van der Waals surface area contributed by atoms with E-state index in [0.717, 1.165) is 98.5 Å². The molecule has 3 fully saturated rings. The fraction of sp³-hybridized carbons (Fsp3) is 0.571. The zero-order valence-electron chi connectivity index (χ0n) is 26.7. The molecule has 3 aliphatic rings. The summed E-state index contributed by atoms with van der Waals surface area (Å²) >= 11 is 0. The average Bonchev–Trinajstić information content (AvgIpc) is 3.82. The molecule has 2 amide bonds. The minimum Gasteiger partial charge on any atom is -0.495 e. The van der Waals surface area contributed by atoms with Gasteiger partial charge in [0, 0.05) is 48.3 Å². The van der Waals surface area contributed by atoms with Crippen LogP contribution in [-0.2, 0) is 9.53 Å². The highest BCUT2D eigenvalue weighted by atomic mass is 16.5. The van der Waals surface area contributed by atoms with Crippen LogP contribution in [-0.4, -0.2) is 54.3 Å². The third kappa shape index (κ3) is 7.48. The van der Waals surface area contributed by atoms with Crippen LogP contribution in [0.15, 0.2) is 41.1 Å². The Balaban J connectivity index is 1.16. The quantitative estimate of drug-likeness (QED) is 0.265. The van der Waals surface area contributed by atoms with Crippen LogP contribution in [0, 0.1) is 24.7 Å². The number of nitrogens with zero attached hydrogens (tertiary/aromatic N) is 4. The number of oxazole rings is 1. The molecule has 0 unspecified atom stereocenters. The van der Waals surface area contributed by atoms with Gasteiger partial charge in [-0.25, -0.2) is 14.8 Å². The molecule has 3 aromatic heterocycles. The topological polar surface area (TPSA) is 120 Å². The van der Waals surface area contributed by atoms with E-state index in [1.165, 1.54) is 7.11 Å². The van der Waals surface area contributed by atoms with E-state index in [0.29, 0.717) is 42.6 Å². The van der Waals surface area contributed by atoms with E-state index in [4.69, 9.17) is 28.8 Å². The zero-order chi connectivity index (χ0) is 31.3. The third-order valence-electron chi connectivity index (χ3n) is 9.93. The van der Waals surface area contributed by atoms with Crippen molar-refractivity contribution in [2.24, 2.45) is 17.8 Å². The van der Waals surface area contributed by atoms with Gasteiger partial charge in [0.15, 0.2) is 5.89 Å². The molecule has 3 heterocycles. The smallest absolute Gasteiger partial charge is 0.406 e. The van der Waals surface area contributed by atoms with Crippen LogP contribution in [0.4, 0.5) is 10.6 Å². The molecule has 0 saturated heterocycles. The van der Waals surface area contributed by atoms with Gasteiger partial charge in [-0.3, -0.25) is 14.7 Å². The second-order valence-electron chi connectivity index (χ2n) is 13.0. The second kappa shape index (κ2) is 14.0. The minimum atomic E-state index is -0.408. The first-order valence-electron chi connectivity index (χ1n) is 16.5. The van der Waals surface area contributed by atoms with E-state index in [1.807, 2.05) is 30.0 Å². The molecule has 240 valence electrons. The number of ether oxygens (including phenoxy) is 2. The van der Waals surface area contributed by atoms with Crippen molar-refractivity contribution in [3.8, 4) is 17.0 Å². The number of nitrogens with one attached hydrogen (secondary N) is 1. The van der Waals surface area contributed by atoms with Crippen molar-refractivity contribution < 1.29 is 23.5 Å². The van der Waals surface area contributed by atoms with Crippen molar-refractivity contribution >= 4 is 17.8 Å². The van der Waals surface area contributed by atoms with Crippen molar-refractivity contribution in [3.05, 3.63) is 54.0 Å². The minimum absolute atomic E-state index is 0.0684. The van der Waals surface area contributed by atoms with Crippen LogP contribution < -0.4 is 15.0 Å². The van der Waals surface area contributed by atoms with Crippen LogP contribution in [0.5, 0.6) is 5.75 Å². The van der Waals surface area contributed by atoms with Crippen LogP contribution in [0.2, 0.25) is 0 Å². The summed E-state index contributed by atoms with van der Waals surface area (Å²) in [6, 6.07) is 8.05. The van der Waals surface area contributed by atoms with E-state index >= 15 is 0 Å². The van der Waals surface area contributed by atoms with E-state index in [2.05, 4.69) is 11.4 Å². The highest BCUT2D eigenvalue weighted by Gasteiger charge is 2.34. The van der Waals surface area contributed by atoms with Gasteiger partial charge in [-0.1, -0.05) is 0 Å². The molecule has 6 rings (SSSR count). The number of hydrogen-bond acceptors (Lipinski definition) is 8. The Hall–Kier alpha value is -3.95. The molecule has 1 N–H and O–H groups in total. The fourth-order valence-corrected chi connectivity index (χ4v) is 7.00. The molecular weight excluding hydrogens is 570 g/mol. The molecule has 10 heteroatoms. The number of alkyl carbamates (subject to hydrolysis) is 1. The van der Waals surface area contributed by atoms with Crippen molar-refractivity contribution in [1.29, 1.82) is 0 Å². The van der Waals surface area contributed by atoms with E-state index < -0.39 is 6.09 Å². The maximum atomic E-state index is 14.3. The number of carbonyl (C=O) groups is 2. The fourth-order valence-electron chi connectivity index (χ4n) is 7.00. The number of methoxy groups -OCH3 is 2. The van der Waals surface area contributed by atoms with Gasteiger partial charge in [-0.05, 0) is 107 Å². The Morgan fingerprint density at radius 2 is 1.67 bits per heavy atom. The number of amides is 2. The van der Waals surface area contributed by atoms with E-state index in [-0.39, 0.29) is 11.8 Å². The van der Waals surface area contributed by atoms with Crippen LogP contribution in [0.25, 0.3) is 11.3 Å². The normalized spacial score (nSPS) is 23.3. The molecule has 0 bridgehead atoms. The van der Waals surface area contributed by atoms with Crippen LogP contribution >= 0.6 is 0 Å². The Morgan fingerprint density at radius 3 is 2.36 bits per heavy atom. The molecule has 45 heavy (non-hydrogen) atoms. The predicted octanol–water partition coefficient (Wildman–Crippen LogP) is 6.80. The first-order chi connectivity index (χ1) is 21.9. The number of aryl methyl sites for hydroxylation is 1. The first kappa shape index (κ1) is 31.0. The molecule has 10 nitrogen and oxygen atoms in total. The van der Waals surface area contributed by atoms with Gasteiger partial charge in [-0.2, -0.15) is 0 Å². The number of aromatic nitrogens is 3. The van der Waals surface area contributed by atoms with E-state index in [9.17, 15) is 9.59 Å². The molecule has 0 radical (unpaired) electrons. The Kier molecular flexibility index (Phi) is 9.66. The maximum absolute atomic E-state index is 14.3. The van der Waals surface area contributed by atoms with Gasteiger partial charge >= 0.3 is 6.09 Å². The molecule has 0 spiro atoms. The standard InChI is InChI=1S/C35H45N5O5/c1-22-31(43-2)15-14-29(38-22)25-8-6-24(7-9-25)20-40(34(41)27-10-4-23(5-11-27)19-37-35(42)44-3)32-18-28(16-17-36-32)30-21-45-33(39-30)26-12-13-26/h14-18,21,23-27H,4-13,19-20H2,1-3H3,(H,37,42)/t23-,24-,25-,27-. The zero-order valence-corrected chi connectivity index (χ0v) is 26.7. The summed E-state index contributed by atoms with van der Waals surface area (Å²) in [5.41, 5.74) is 3.75. The summed E-state index contributed by atoms with van der Waals surface area (Å²) in [6.45, 7) is 3.22. The average molecular weight is 616 g/mol. The lowest BCUT2D eigenvalue weighted by Gasteiger charge is -2.35. The summed E-state index contributed by atoms with van der Waals surface area (Å²) < 4.78 is 15.9. The van der Waals surface area contributed by atoms with Gasteiger partial charge in [0.1, 0.15) is 23.5 Å². The molecule has 3 saturated carbocycles. The van der Waals surface area contributed by atoms with Gasteiger partial charge < -0.3 is 19.2 Å². The van der Waals surface area contributed by atoms with Crippen LogP contribution in [0.3, 0.4) is 0 Å². The summed E-state index contributed by atoms with van der Waals surface area (Å²) in [6.07, 6.45) is 12.9. The number of rotatable bonds is 10. The number of anilines is 1. The summed E-state index contributed by atoms with van der Waals surface area (Å²) in [4.78, 5) is 42.1. The third-order valence-corrected chi connectivity index (χ3v) is 9.93. The number of carbonyl (C=O) groups excluding carboxylic acids is 2. The monoisotopic (exact) mass is 615 g/mol. The van der Waals surface area contributed by atoms with Crippen molar-refractivity contribution in [2.75, 3.05) is 32.2 Å². The maximum Gasteiger partial charge on any atom is 0.406 e. The van der Waals surface area contributed by atoms with E-state index in [1.54, 1.807) is 19.6 Å². The highest BCUT2D eigenvalue weighted by Crippen LogP contribution is 2.41. The van der Waals surface area contributed by atoms with Gasteiger partial charge in [0.2, 0.25) is 5.91 Å². The lowest BCUT2D eigenvalue weighted by Crippen LogP contribution is -2.42. The summed E-state index contributed by atoms with van der Waals surface area (Å²) in [7, 11) is 3.05. The van der Waals surface area contributed by atoms with Gasteiger partial charge in [0.05, 0.1) is 19.9 Å². The SMILES string of the molecule is COC(=O)NC[C@H]1CC[C@H](C(=O)N(C[C@H]2CC[C@H](c3ccc(OC)c(C)n3)CC2)c2cc(-c3coc(C4CC4)n3)ccn2)CC1. The molecular formula is C35H45N5O5. The Morgan fingerprint density at radius 1 is 0.933 bits per heavy atom. The number of hydrogen-bond donors (Lipinski definition) is 1. The first-order valence-corrected chi connectivity index (χ1v) is 16.5. The number of pyridine rings is 2. The largest absolute Gasteiger partial charge is 0.495 e. The van der Waals surface area contributed by atoms with Crippen molar-refractivity contribution in [2.45, 2.75) is 83.0 Å². The molecule has 3 aromatic rings. The Bertz CT molecular complexity index is 1470. The molecule has 0 atom stereocenters. The second-order valence-corrected chi connectivity index (χ2v) is 13.0. The van der Waals surface area contributed by atoms with Crippen LogP contribution in [0.1, 0.15) is 93.3 Å². The molecule has 0 aliphatic heterocycles. The van der Waals surface area contributed by atoms with Gasteiger partial charge in [-0.15, -0.1) is 0 Å². The van der Waals surface area contributed by atoms with Crippen molar-refractivity contribution in [3.63, 3.8) is 0 Å².